The predicted molar refractivity (Wildman–Crippen MR) is 94.5 cm³/mol. The number of aryl methyl sites for hydroxylation is 2. The summed E-state index contributed by atoms with van der Waals surface area (Å²) in [5.74, 6) is 1.66. The van der Waals surface area contributed by atoms with Gasteiger partial charge >= 0.3 is 0 Å². The molecule has 3 rings (SSSR count). The van der Waals surface area contributed by atoms with Gasteiger partial charge in [-0.1, -0.05) is 48.0 Å². The molecule has 22 heavy (non-hydrogen) atoms. The van der Waals surface area contributed by atoms with Crippen LogP contribution in [0.5, 0.6) is 0 Å². The summed E-state index contributed by atoms with van der Waals surface area (Å²) in [6.45, 7) is 2.95. The van der Waals surface area contributed by atoms with Crippen LogP contribution in [0, 0.1) is 6.92 Å². The Labute approximate surface area is 136 Å². The zero-order valence-corrected chi connectivity index (χ0v) is 13.7. The maximum absolute atomic E-state index is 12.5. The van der Waals surface area contributed by atoms with Gasteiger partial charge in [0.15, 0.2) is 0 Å². The average molecular weight is 311 g/mol. The second-order valence-electron chi connectivity index (χ2n) is 5.76. The molecule has 0 N–H and O–H groups in total. The molecule has 2 aromatic carbocycles. The molecule has 1 heterocycles. The largest absolute Gasteiger partial charge is 0.311 e. The van der Waals surface area contributed by atoms with Crippen LogP contribution in [0.25, 0.3) is 0 Å². The number of carbonyl (C=O) groups excluding carboxylic acids is 1. The van der Waals surface area contributed by atoms with Crippen molar-refractivity contribution < 1.29 is 4.79 Å². The second-order valence-corrected chi connectivity index (χ2v) is 6.75. The Kier molecular flexibility index (Phi) is 4.84. The van der Waals surface area contributed by atoms with Crippen molar-refractivity contribution in [3.8, 4) is 0 Å². The summed E-state index contributed by atoms with van der Waals surface area (Å²) < 4.78 is 0. The molecule has 3 heteroatoms. The molecule has 1 aliphatic rings. The van der Waals surface area contributed by atoms with E-state index in [0.29, 0.717) is 5.75 Å². The lowest BCUT2D eigenvalue weighted by Gasteiger charge is -2.29. The molecule has 2 nitrogen and oxygen atoms in total. The number of carbonyl (C=O) groups is 1. The fourth-order valence-electron chi connectivity index (χ4n) is 2.93. The van der Waals surface area contributed by atoms with Crippen molar-refractivity contribution in [2.24, 2.45) is 0 Å². The van der Waals surface area contributed by atoms with Gasteiger partial charge in [-0.25, -0.2) is 0 Å². The Hall–Kier alpha value is -1.74. The van der Waals surface area contributed by atoms with Crippen LogP contribution in [0.1, 0.15) is 23.1 Å². The normalized spacial score (nSPS) is 13.8. The summed E-state index contributed by atoms with van der Waals surface area (Å²) in [5, 5.41) is 0. The van der Waals surface area contributed by atoms with Gasteiger partial charge in [-0.3, -0.25) is 4.79 Å². The van der Waals surface area contributed by atoms with Crippen LogP contribution < -0.4 is 4.90 Å². The summed E-state index contributed by atoms with van der Waals surface area (Å²) in [6.07, 6.45) is 2.14. The first-order chi connectivity index (χ1) is 10.7. The topological polar surface area (TPSA) is 20.3 Å². The molecule has 0 fully saturated rings. The third-order valence-electron chi connectivity index (χ3n) is 3.99. The standard InChI is InChI=1S/C19H21NOS/c1-15-6-4-7-16(12-15)13-22-14-19(21)20-11-5-9-17-8-2-3-10-18(17)20/h2-4,6-8,10,12H,5,9,11,13-14H2,1H3. The quantitative estimate of drug-likeness (QED) is 0.843. The van der Waals surface area contributed by atoms with E-state index in [0.717, 1.165) is 30.8 Å². The van der Waals surface area contributed by atoms with Crippen molar-refractivity contribution in [3.05, 3.63) is 65.2 Å². The first-order valence-electron chi connectivity index (χ1n) is 7.75. The number of para-hydroxylation sites is 1. The summed E-state index contributed by atoms with van der Waals surface area (Å²) >= 11 is 1.70. The first-order valence-corrected chi connectivity index (χ1v) is 8.91. The third kappa shape index (κ3) is 3.53. The zero-order chi connectivity index (χ0) is 15.4. The Bertz CT molecular complexity index is 668. The van der Waals surface area contributed by atoms with E-state index in [9.17, 15) is 4.79 Å². The van der Waals surface area contributed by atoms with Crippen LogP contribution in [0.3, 0.4) is 0 Å². The van der Waals surface area contributed by atoms with Crippen LogP contribution in [0.15, 0.2) is 48.5 Å². The smallest absolute Gasteiger partial charge is 0.236 e. The van der Waals surface area contributed by atoms with E-state index in [1.807, 2.05) is 11.0 Å². The van der Waals surface area contributed by atoms with Gasteiger partial charge in [0.05, 0.1) is 5.75 Å². The lowest BCUT2D eigenvalue weighted by atomic mass is 10.0. The predicted octanol–water partition coefficient (Wildman–Crippen LogP) is 4.21. The summed E-state index contributed by atoms with van der Waals surface area (Å²) in [6, 6.07) is 16.8. The Morgan fingerprint density at radius 3 is 2.91 bits per heavy atom. The van der Waals surface area contributed by atoms with Gasteiger partial charge in [-0.05, 0) is 37.0 Å². The number of thioether (sulfide) groups is 1. The van der Waals surface area contributed by atoms with E-state index in [-0.39, 0.29) is 5.91 Å². The Morgan fingerprint density at radius 1 is 1.18 bits per heavy atom. The maximum atomic E-state index is 12.5. The van der Waals surface area contributed by atoms with Gasteiger partial charge in [0.1, 0.15) is 0 Å². The summed E-state index contributed by atoms with van der Waals surface area (Å²) in [4.78, 5) is 14.5. The fourth-order valence-corrected chi connectivity index (χ4v) is 3.78. The molecular formula is C19H21NOS. The van der Waals surface area contributed by atoms with Crippen molar-refractivity contribution in [2.45, 2.75) is 25.5 Å². The lowest BCUT2D eigenvalue weighted by molar-refractivity contribution is -0.116. The molecule has 0 atom stereocenters. The molecule has 0 saturated carbocycles. The van der Waals surface area contributed by atoms with Crippen molar-refractivity contribution in [3.63, 3.8) is 0 Å². The van der Waals surface area contributed by atoms with Gasteiger partial charge in [-0.15, -0.1) is 11.8 Å². The van der Waals surface area contributed by atoms with Crippen LogP contribution >= 0.6 is 11.8 Å². The molecule has 0 radical (unpaired) electrons. The first kappa shape index (κ1) is 15.2. The highest BCUT2D eigenvalue weighted by Gasteiger charge is 2.21. The third-order valence-corrected chi connectivity index (χ3v) is 4.98. The number of benzene rings is 2. The van der Waals surface area contributed by atoms with E-state index in [2.05, 4.69) is 49.4 Å². The Morgan fingerprint density at radius 2 is 2.05 bits per heavy atom. The van der Waals surface area contributed by atoms with Crippen LogP contribution in [0.2, 0.25) is 0 Å². The number of nitrogens with zero attached hydrogens (tertiary/aromatic N) is 1. The molecule has 0 unspecified atom stereocenters. The van der Waals surface area contributed by atoms with Crippen LogP contribution in [0.4, 0.5) is 5.69 Å². The average Bonchev–Trinajstić information content (AvgIpc) is 2.54. The van der Waals surface area contributed by atoms with Crippen molar-refractivity contribution in [1.82, 2.24) is 0 Å². The Balaban J connectivity index is 1.59. The molecule has 114 valence electrons. The van der Waals surface area contributed by atoms with E-state index in [1.54, 1.807) is 11.8 Å². The second kappa shape index (κ2) is 7.01. The summed E-state index contributed by atoms with van der Waals surface area (Å²) in [7, 11) is 0. The molecule has 0 bridgehead atoms. The highest BCUT2D eigenvalue weighted by Crippen LogP contribution is 2.27. The van der Waals surface area contributed by atoms with Gasteiger partial charge in [0.25, 0.3) is 0 Å². The molecule has 0 spiro atoms. The molecule has 0 saturated heterocycles. The van der Waals surface area contributed by atoms with Crippen molar-refractivity contribution >= 4 is 23.4 Å². The molecule has 1 aliphatic heterocycles. The van der Waals surface area contributed by atoms with Gasteiger partial charge in [0.2, 0.25) is 5.91 Å². The molecule has 1 amide bonds. The van der Waals surface area contributed by atoms with Crippen LogP contribution in [-0.4, -0.2) is 18.2 Å². The molecular weight excluding hydrogens is 290 g/mol. The molecule has 0 aliphatic carbocycles. The monoisotopic (exact) mass is 311 g/mol. The van der Waals surface area contributed by atoms with E-state index in [4.69, 9.17) is 0 Å². The van der Waals surface area contributed by atoms with Crippen LogP contribution in [-0.2, 0) is 17.0 Å². The number of anilines is 1. The SMILES string of the molecule is Cc1cccc(CSCC(=O)N2CCCc3ccccc32)c1. The lowest BCUT2D eigenvalue weighted by Crippen LogP contribution is -2.36. The maximum Gasteiger partial charge on any atom is 0.236 e. The number of hydrogen-bond acceptors (Lipinski definition) is 2. The van der Waals surface area contributed by atoms with E-state index >= 15 is 0 Å². The minimum atomic E-state index is 0.227. The molecule has 0 aromatic heterocycles. The fraction of sp³-hybridized carbons (Fsp3) is 0.316. The van der Waals surface area contributed by atoms with E-state index in [1.165, 1.54) is 16.7 Å². The number of amides is 1. The van der Waals surface area contributed by atoms with E-state index < -0.39 is 0 Å². The van der Waals surface area contributed by atoms with Crippen molar-refractivity contribution in [1.29, 1.82) is 0 Å². The number of fused-ring (bicyclic) bond motifs is 1. The summed E-state index contributed by atoms with van der Waals surface area (Å²) in [5.41, 5.74) is 4.96. The van der Waals surface area contributed by atoms with Gasteiger partial charge in [-0.2, -0.15) is 0 Å². The van der Waals surface area contributed by atoms with Crippen molar-refractivity contribution in [2.75, 3.05) is 17.2 Å². The van der Waals surface area contributed by atoms with Gasteiger partial charge in [0, 0.05) is 18.0 Å². The number of hydrogen-bond donors (Lipinski definition) is 0. The minimum absolute atomic E-state index is 0.227. The molecule has 2 aromatic rings. The minimum Gasteiger partial charge on any atom is -0.311 e. The highest BCUT2D eigenvalue weighted by molar-refractivity contribution is 7.99. The number of rotatable bonds is 4. The highest BCUT2D eigenvalue weighted by atomic mass is 32.2. The van der Waals surface area contributed by atoms with Gasteiger partial charge < -0.3 is 4.90 Å². The zero-order valence-electron chi connectivity index (χ0n) is 12.9.